The fourth-order valence-electron chi connectivity index (χ4n) is 1.63. The fourth-order valence-corrected chi connectivity index (χ4v) is 1.83. The molecule has 0 radical (unpaired) electrons. The zero-order chi connectivity index (χ0) is 12.3. The number of nitrogens with zero attached hydrogens (tertiary/aromatic N) is 1. The highest BCUT2D eigenvalue weighted by Crippen LogP contribution is 2.23. The Hall–Kier alpha value is -1.74. The molecule has 1 unspecified atom stereocenters. The second-order valence-electron chi connectivity index (χ2n) is 3.86. The molecular formula is C13H14ClN3. The summed E-state index contributed by atoms with van der Waals surface area (Å²) in [5.74, 6) is 0.501. The van der Waals surface area contributed by atoms with Crippen LogP contribution in [-0.2, 0) is 0 Å². The van der Waals surface area contributed by atoms with E-state index in [1.165, 1.54) is 0 Å². The lowest BCUT2D eigenvalue weighted by Crippen LogP contribution is -2.08. The number of nitrogens with one attached hydrogen (secondary N) is 1. The topological polar surface area (TPSA) is 50.9 Å². The summed E-state index contributed by atoms with van der Waals surface area (Å²) in [6, 6.07) is 11.6. The molecule has 88 valence electrons. The second-order valence-corrected chi connectivity index (χ2v) is 4.29. The summed E-state index contributed by atoms with van der Waals surface area (Å²) in [4.78, 5) is 4.03. The van der Waals surface area contributed by atoms with Gasteiger partial charge in [-0.25, -0.2) is 4.98 Å². The Labute approximate surface area is 106 Å². The summed E-state index contributed by atoms with van der Waals surface area (Å²) >= 11 is 5.96. The highest BCUT2D eigenvalue weighted by atomic mass is 35.5. The first-order valence-corrected chi connectivity index (χ1v) is 5.77. The number of rotatable bonds is 3. The quantitative estimate of drug-likeness (QED) is 0.873. The number of aromatic nitrogens is 1. The zero-order valence-electron chi connectivity index (χ0n) is 9.52. The number of anilines is 2. The van der Waals surface area contributed by atoms with Gasteiger partial charge in [0.2, 0.25) is 0 Å². The molecule has 0 aliphatic carbocycles. The van der Waals surface area contributed by atoms with Gasteiger partial charge in [-0.15, -0.1) is 0 Å². The average Bonchev–Trinajstić information content (AvgIpc) is 2.32. The van der Waals surface area contributed by atoms with E-state index in [-0.39, 0.29) is 6.04 Å². The number of hydrogen-bond donors (Lipinski definition) is 2. The number of nitrogen functional groups attached to an aromatic ring is 1. The molecule has 2 rings (SSSR count). The van der Waals surface area contributed by atoms with E-state index in [1.54, 1.807) is 6.20 Å². The average molecular weight is 248 g/mol. The molecule has 1 aromatic heterocycles. The maximum atomic E-state index is 5.96. The summed E-state index contributed by atoms with van der Waals surface area (Å²) in [5, 5.41) is 4.04. The minimum Gasteiger partial charge on any atom is -0.382 e. The van der Waals surface area contributed by atoms with Gasteiger partial charge < -0.3 is 11.1 Å². The number of hydrogen-bond acceptors (Lipinski definition) is 3. The van der Waals surface area contributed by atoms with Gasteiger partial charge >= 0.3 is 0 Å². The van der Waals surface area contributed by atoms with Crippen molar-refractivity contribution in [2.24, 2.45) is 0 Å². The van der Waals surface area contributed by atoms with Crippen LogP contribution in [0.25, 0.3) is 0 Å². The molecule has 0 spiro atoms. The van der Waals surface area contributed by atoms with Crippen LogP contribution in [0.1, 0.15) is 18.5 Å². The van der Waals surface area contributed by atoms with E-state index in [4.69, 9.17) is 17.3 Å². The zero-order valence-corrected chi connectivity index (χ0v) is 10.3. The summed E-state index contributed by atoms with van der Waals surface area (Å²) in [5.41, 5.74) is 7.72. The standard InChI is InChI=1S/C13H14ClN3/c1-9(10-4-2-5-11(14)8-10)17-12-6-3-7-16-13(12)15/h2-9,17H,1H3,(H2,15,16). The molecule has 0 saturated heterocycles. The Morgan fingerprint density at radius 1 is 1.29 bits per heavy atom. The molecule has 0 fully saturated rings. The van der Waals surface area contributed by atoms with Gasteiger partial charge in [-0.3, -0.25) is 0 Å². The number of nitrogens with two attached hydrogens (primary N) is 1. The van der Waals surface area contributed by atoms with Crippen LogP contribution in [0.3, 0.4) is 0 Å². The molecule has 3 N–H and O–H groups in total. The minimum atomic E-state index is 0.125. The molecule has 0 saturated carbocycles. The minimum absolute atomic E-state index is 0.125. The number of pyridine rings is 1. The third-order valence-electron chi connectivity index (χ3n) is 2.56. The third-order valence-corrected chi connectivity index (χ3v) is 2.79. The maximum Gasteiger partial charge on any atom is 0.146 e. The van der Waals surface area contributed by atoms with Gasteiger partial charge in [0.1, 0.15) is 5.82 Å². The normalized spacial score (nSPS) is 12.1. The number of benzene rings is 1. The SMILES string of the molecule is CC(Nc1cccnc1N)c1cccc(Cl)c1. The summed E-state index contributed by atoms with van der Waals surface area (Å²) in [6.45, 7) is 2.05. The van der Waals surface area contributed by atoms with E-state index in [0.29, 0.717) is 5.82 Å². The highest BCUT2D eigenvalue weighted by molar-refractivity contribution is 6.30. The molecule has 0 aliphatic rings. The Morgan fingerprint density at radius 2 is 2.12 bits per heavy atom. The highest BCUT2D eigenvalue weighted by Gasteiger charge is 2.07. The van der Waals surface area contributed by atoms with E-state index >= 15 is 0 Å². The van der Waals surface area contributed by atoms with Gasteiger partial charge in [-0.05, 0) is 36.8 Å². The lowest BCUT2D eigenvalue weighted by molar-refractivity contribution is 0.884. The largest absolute Gasteiger partial charge is 0.382 e. The Morgan fingerprint density at radius 3 is 2.82 bits per heavy atom. The lowest BCUT2D eigenvalue weighted by atomic mass is 10.1. The molecule has 1 heterocycles. The Kier molecular flexibility index (Phi) is 3.49. The molecular weight excluding hydrogens is 234 g/mol. The molecule has 0 bridgehead atoms. The summed E-state index contributed by atoms with van der Waals surface area (Å²) < 4.78 is 0. The molecule has 3 nitrogen and oxygen atoms in total. The van der Waals surface area contributed by atoms with Crippen LogP contribution in [0.15, 0.2) is 42.6 Å². The van der Waals surface area contributed by atoms with Gasteiger partial charge in [0.25, 0.3) is 0 Å². The summed E-state index contributed by atoms with van der Waals surface area (Å²) in [7, 11) is 0. The van der Waals surface area contributed by atoms with Crippen molar-refractivity contribution in [3.63, 3.8) is 0 Å². The van der Waals surface area contributed by atoms with E-state index in [9.17, 15) is 0 Å². The van der Waals surface area contributed by atoms with Crippen molar-refractivity contribution in [3.8, 4) is 0 Å². The van der Waals surface area contributed by atoms with Crippen LogP contribution in [0, 0.1) is 0 Å². The smallest absolute Gasteiger partial charge is 0.146 e. The molecule has 0 amide bonds. The van der Waals surface area contributed by atoms with Crippen LogP contribution in [-0.4, -0.2) is 4.98 Å². The van der Waals surface area contributed by atoms with Crippen molar-refractivity contribution in [1.29, 1.82) is 0 Å². The fraction of sp³-hybridized carbons (Fsp3) is 0.154. The van der Waals surface area contributed by atoms with Crippen LogP contribution in [0.4, 0.5) is 11.5 Å². The Bertz CT molecular complexity index is 514. The monoisotopic (exact) mass is 247 g/mol. The molecule has 1 atom stereocenters. The molecule has 17 heavy (non-hydrogen) atoms. The van der Waals surface area contributed by atoms with Crippen LogP contribution in [0.2, 0.25) is 5.02 Å². The predicted molar refractivity (Wildman–Crippen MR) is 72.1 cm³/mol. The first-order valence-electron chi connectivity index (χ1n) is 5.39. The van der Waals surface area contributed by atoms with Crippen molar-refractivity contribution in [1.82, 2.24) is 4.98 Å². The number of halogens is 1. The van der Waals surface area contributed by atoms with E-state index in [1.807, 2.05) is 36.4 Å². The van der Waals surface area contributed by atoms with Gasteiger partial charge in [0.15, 0.2) is 0 Å². The van der Waals surface area contributed by atoms with Crippen LogP contribution >= 0.6 is 11.6 Å². The van der Waals surface area contributed by atoms with E-state index in [0.717, 1.165) is 16.3 Å². The second kappa shape index (κ2) is 5.06. The van der Waals surface area contributed by atoms with Crippen molar-refractivity contribution in [2.45, 2.75) is 13.0 Å². The van der Waals surface area contributed by atoms with Gasteiger partial charge in [0.05, 0.1) is 5.69 Å². The van der Waals surface area contributed by atoms with Crippen molar-refractivity contribution in [2.75, 3.05) is 11.1 Å². The van der Waals surface area contributed by atoms with Crippen molar-refractivity contribution < 1.29 is 0 Å². The lowest BCUT2D eigenvalue weighted by Gasteiger charge is -2.16. The van der Waals surface area contributed by atoms with Crippen LogP contribution < -0.4 is 11.1 Å². The molecule has 0 aliphatic heterocycles. The first kappa shape index (κ1) is 11.7. The Balaban J connectivity index is 2.17. The van der Waals surface area contributed by atoms with Gasteiger partial charge in [0, 0.05) is 17.3 Å². The van der Waals surface area contributed by atoms with Gasteiger partial charge in [-0.2, -0.15) is 0 Å². The summed E-state index contributed by atoms with van der Waals surface area (Å²) in [6.07, 6.45) is 1.67. The maximum absolute atomic E-state index is 5.96. The van der Waals surface area contributed by atoms with E-state index < -0.39 is 0 Å². The molecule has 2 aromatic rings. The predicted octanol–water partition coefficient (Wildman–Crippen LogP) is 3.49. The first-order chi connectivity index (χ1) is 8.16. The van der Waals surface area contributed by atoms with Crippen LogP contribution in [0.5, 0.6) is 0 Å². The van der Waals surface area contributed by atoms with Crippen molar-refractivity contribution in [3.05, 3.63) is 53.2 Å². The molecule has 1 aromatic carbocycles. The van der Waals surface area contributed by atoms with Gasteiger partial charge in [-0.1, -0.05) is 23.7 Å². The van der Waals surface area contributed by atoms with Crippen molar-refractivity contribution >= 4 is 23.1 Å². The molecule has 4 heteroatoms. The third kappa shape index (κ3) is 2.88. The van der Waals surface area contributed by atoms with E-state index in [2.05, 4.69) is 17.2 Å².